The molecule has 2 amide bonds. The molecule has 0 bridgehead atoms. The summed E-state index contributed by atoms with van der Waals surface area (Å²) in [6.07, 6.45) is 5.75. The molecular formula is C22H20ClN3O3. The van der Waals surface area contributed by atoms with Gasteiger partial charge >= 0.3 is 0 Å². The van der Waals surface area contributed by atoms with Gasteiger partial charge in [0.05, 0.1) is 23.4 Å². The first kappa shape index (κ1) is 19.1. The predicted octanol–water partition coefficient (Wildman–Crippen LogP) is 4.28. The van der Waals surface area contributed by atoms with Crippen LogP contribution in [-0.4, -0.2) is 29.5 Å². The molecule has 6 nitrogen and oxygen atoms in total. The van der Waals surface area contributed by atoms with Crippen LogP contribution < -0.4 is 15.4 Å². The summed E-state index contributed by atoms with van der Waals surface area (Å²) in [6, 6.07) is 14.2. The van der Waals surface area contributed by atoms with Crippen molar-refractivity contribution in [3.05, 3.63) is 77.1 Å². The maximum Gasteiger partial charge on any atom is 0.259 e. The van der Waals surface area contributed by atoms with E-state index in [1.165, 1.54) is 7.11 Å². The number of carbonyl (C=O) groups excluding carboxylic acids is 2. The van der Waals surface area contributed by atoms with E-state index in [0.717, 1.165) is 12.8 Å². The zero-order valence-electron chi connectivity index (χ0n) is 15.8. The Hall–Kier alpha value is -3.25. The third-order valence-electron chi connectivity index (χ3n) is 4.69. The molecule has 1 aromatic heterocycles. The molecule has 29 heavy (non-hydrogen) atoms. The number of nitrogens with zero attached hydrogens (tertiary/aromatic N) is 1. The van der Waals surface area contributed by atoms with E-state index in [0.29, 0.717) is 33.3 Å². The molecule has 0 radical (unpaired) electrons. The van der Waals surface area contributed by atoms with Crippen LogP contribution in [0, 0.1) is 0 Å². The minimum Gasteiger partial charge on any atom is -0.496 e. The van der Waals surface area contributed by atoms with Gasteiger partial charge in [0.1, 0.15) is 5.75 Å². The normalized spacial score (nSPS) is 13.0. The van der Waals surface area contributed by atoms with Crippen LogP contribution in [0.5, 0.6) is 5.75 Å². The highest BCUT2D eigenvalue weighted by Gasteiger charge is 2.24. The van der Waals surface area contributed by atoms with Gasteiger partial charge in [-0.25, -0.2) is 0 Å². The molecule has 148 valence electrons. The smallest absolute Gasteiger partial charge is 0.259 e. The van der Waals surface area contributed by atoms with Crippen LogP contribution in [-0.2, 0) is 0 Å². The number of carbonyl (C=O) groups is 2. The monoisotopic (exact) mass is 409 g/mol. The number of ether oxygens (including phenoxy) is 1. The van der Waals surface area contributed by atoms with Gasteiger partial charge in [-0.2, -0.15) is 0 Å². The molecule has 0 unspecified atom stereocenters. The summed E-state index contributed by atoms with van der Waals surface area (Å²) in [5.74, 6) is -0.110. The van der Waals surface area contributed by atoms with Crippen molar-refractivity contribution in [2.45, 2.75) is 18.9 Å². The first-order valence-corrected chi connectivity index (χ1v) is 9.66. The average molecular weight is 410 g/mol. The molecule has 1 heterocycles. The van der Waals surface area contributed by atoms with Gasteiger partial charge in [0, 0.05) is 35.8 Å². The minimum atomic E-state index is -0.373. The largest absolute Gasteiger partial charge is 0.496 e. The SMILES string of the molecule is COc1cc(-n2cccc2)c(Cl)cc1C(=O)Nc1cccc(C(=O)NC2CC2)c1. The van der Waals surface area contributed by atoms with Crippen LogP contribution in [0.15, 0.2) is 60.9 Å². The third kappa shape index (κ3) is 4.27. The first-order chi connectivity index (χ1) is 14.0. The van der Waals surface area contributed by atoms with E-state index in [4.69, 9.17) is 16.3 Å². The number of benzene rings is 2. The fraction of sp³-hybridized carbons (Fsp3) is 0.182. The summed E-state index contributed by atoms with van der Waals surface area (Å²) in [7, 11) is 1.50. The van der Waals surface area contributed by atoms with Gasteiger partial charge in [0.15, 0.2) is 0 Å². The summed E-state index contributed by atoms with van der Waals surface area (Å²) >= 11 is 6.41. The molecule has 3 aromatic rings. The van der Waals surface area contributed by atoms with Crippen molar-refractivity contribution < 1.29 is 14.3 Å². The highest BCUT2D eigenvalue weighted by atomic mass is 35.5. The maximum absolute atomic E-state index is 12.9. The fourth-order valence-electron chi connectivity index (χ4n) is 3.01. The Labute approximate surface area is 173 Å². The minimum absolute atomic E-state index is 0.139. The number of nitrogens with one attached hydrogen (secondary N) is 2. The zero-order valence-corrected chi connectivity index (χ0v) is 16.6. The molecule has 1 aliphatic carbocycles. The molecule has 1 fully saturated rings. The highest BCUT2D eigenvalue weighted by molar-refractivity contribution is 6.33. The third-order valence-corrected chi connectivity index (χ3v) is 4.99. The molecule has 7 heteroatoms. The lowest BCUT2D eigenvalue weighted by Gasteiger charge is -2.14. The van der Waals surface area contributed by atoms with Gasteiger partial charge < -0.3 is 19.9 Å². The van der Waals surface area contributed by atoms with Gasteiger partial charge in [0.2, 0.25) is 0 Å². The van der Waals surface area contributed by atoms with Crippen LogP contribution >= 0.6 is 11.6 Å². The van der Waals surface area contributed by atoms with E-state index in [-0.39, 0.29) is 17.9 Å². The standard InChI is InChI=1S/C22H20ClN3O3/c1-29-20-13-19(26-9-2-3-10-26)18(23)12-17(20)22(28)25-16-6-4-5-14(11-16)21(27)24-15-7-8-15/h2-6,9-13,15H,7-8H2,1H3,(H,24,27)(H,25,28). The van der Waals surface area contributed by atoms with Crippen molar-refractivity contribution in [3.63, 3.8) is 0 Å². The molecular weight excluding hydrogens is 390 g/mol. The molecule has 2 aromatic carbocycles. The lowest BCUT2D eigenvalue weighted by atomic mass is 10.1. The Morgan fingerprint density at radius 3 is 2.52 bits per heavy atom. The molecule has 0 atom stereocenters. The number of hydrogen-bond donors (Lipinski definition) is 2. The Balaban J connectivity index is 1.57. The second-order valence-electron chi connectivity index (χ2n) is 6.88. The highest BCUT2D eigenvalue weighted by Crippen LogP contribution is 2.30. The van der Waals surface area contributed by atoms with Crippen molar-refractivity contribution in [1.29, 1.82) is 0 Å². The molecule has 0 saturated heterocycles. The van der Waals surface area contributed by atoms with E-state index in [2.05, 4.69) is 10.6 Å². The lowest BCUT2D eigenvalue weighted by molar-refractivity contribution is 0.0949. The molecule has 1 saturated carbocycles. The number of amides is 2. The van der Waals surface area contributed by atoms with Gasteiger partial charge in [0.25, 0.3) is 11.8 Å². The van der Waals surface area contributed by atoms with E-state index in [1.807, 2.05) is 29.1 Å². The number of halogens is 1. The topological polar surface area (TPSA) is 72.4 Å². The quantitative estimate of drug-likeness (QED) is 0.638. The first-order valence-electron chi connectivity index (χ1n) is 9.28. The lowest BCUT2D eigenvalue weighted by Crippen LogP contribution is -2.25. The Bertz CT molecular complexity index is 1060. The van der Waals surface area contributed by atoms with Crippen LogP contribution in [0.1, 0.15) is 33.6 Å². The fourth-order valence-corrected chi connectivity index (χ4v) is 3.28. The second-order valence-corrected chi connectivity index (χ2v) is 7.28. The number of rotatable bonds is 6. The van der Waals surface area contributed by atoms with Crippen molar-refractivity contribution in [1.82, 2.24) is 9.88 Å². The van der Waals surface area contributed by atoms with Crippen LogP contribution in [0.3, 0.4) is 0 Å². The summed E-state index contributed by atoms with van der Waals surface area (Å²) < 4.78 is 7.26. The molecule has 0 aliphatic heterocycles. The zero-order chi connectivity index (χ0) is 20.4. The number of anilines is 1. The number of hydrogen-bond acceptors (Lipinski definition) is 3. The van der Waals surface area contributed by atoms with E-state index in [9.17, 15) is 9.59 Å². The summed E-state index contributed by atoms with van der Waals surface area (Å²) in [5, 5.41) is 6.17. The molecule has 0 spiro atoms. The Kier molecular flexibility index (Phi) is 5.27. The van der Waals surface area contributed by atoms with Crippen molar-refractivity contribution >= 4 is 29.1 Å². The predicted molar refractivity (Wildman–Crippen MR) is 112 cm³/mol. The average Bonchev–Trinajstić information content (AvgIpc) is 3.37. The van der Waals surface area contributed by atoms with Gasteiger partial charge in [-0.15, -0.1) is 0 Å². The van der Waals surface area contributed by atoms with Crippen LogP contribution in [0.4, 0.5) is 5.69 Å². The van der Waals surface area contributed by atoms with Crippen molar-refractivity contribution in [3.8, 4) is 11.4 Å². The number of methoxy groups -OCH3 is 1. The molecule has 4 rings (SSSR count). The summed E-state index contributed by atoms with van der Waals surface area (Å²) in [5.41, 5.74) is 2.04. The van der Waals surface area contributed by atoms with E-state index in [1.54, 1.807) is 36.4 Å². The van der Waals surface area contributed by atoms with Crippen molar-refractivity contribution in [2.24, 2.45) is 0 Å². The molecule has 1 aliphatic rings. The Morgan fingerprint density at radius 2 is 1.83 bits per heavy atom. The van der Waals surface area contributed by atoms with Crippen molar-refractivity contribution in [2.75, 3.05) is 12.4 Å². The summed E-state index contributed by atoms with van der Waals surface area (Å²) in [4.78, 5) is 25.1. The molecule has 2 N–H and O–H groups in total. The van der Waals surface area contributed by atoms with Crippen LogP contribution in [0.2, 0.25) is 5.02 Å². The number of aromatic nitrogens is 1. The van der Waals surface area contributed by atoms with Gasteiger partial charge in [-0.05, 0) is 49.2 Å². The van der Waals surface area contributed by atoms with Crippen LogP contribution in [0.25, 0.3) is 5.69 Å². The Morgan fingerprint density at radius 1 is 1.07 bits per heavy atom. The second kappa shape index (κ2) is 8.01. The van der Waals surface area contributed by atoms with E-state index < -0.39 is 0 Å². The van der Waals surface area contributed by atoms with E-state index >= 15 is 0 Å². The maximum atomic E-state index is 12.9. The van der Waals surface area contributed by atoms with Gasteiger partial charge in [-0.3, -0.25) is 9.59 Å². The summed E-state index contributed by atoms with van der Waals surface area (Å²) in [6.45, 7) is 0. The van der Waals surface area contributed by atoms with Gasteiger partial charge in [-0.1, -0.05) is 17.7 Å².